The van der Waals surface area contributed by atoms with Crippen molar-refractivity contribution in [2.75, 3.05) is 26.8 Å². The van der Waals surface area contributed by atoms with Gasteiger partial charge in [0.15, 0.2) is 0 Å². The summed E-state index contributed by atoms with van der Waals surface area (Å²) < 4.78 is 11.5. The lowest BCUT2D eigenvalue weighted by Crippen LogP contribution is -2.55. The molecule has 6 atom stereocenters. The van der Waals surface area contributed by atoms with Crippen LogP contribution in [0.4, 0.5) is 0 Å². The van der Waals surface area contributed by atoms with Gasteiger partial charge in [0.2, 0.25) is 0 Å². The second kappa shape index (κ2) is 13.1. The molecule has 0 bridgehead atoms. The zero-order valence-electron chi connectivity index (χ0n) is 20.1. The van der Waals surface area contributed by atoms with Gasteiger partial charge in [0.05, 0.1) is 25.9 Å². The summed E-state index contributed by atoms with van der Waals surface area (Å²) in [5.41, 5.74) is 4.23. The molecule has 9 heteroatoms. The van der Waals surface area contributed by atoms with Crippen molar-refractivity contribution in [3.05, 3.63) is 69.2 Å². The zero-order valence-corrected chi connectivity index (χ0v) is 20.9. The Morgan fingerprint density at radius 1 is 1.03 bits per heavy atom. The highest BCUT2D eigenvalue weighted by atomic mass is 35.5. The van der Waals surface area contributed by atoms with Crippen LogP contribution >= 0.6 is 11.6 Å². The van der Waals surface area contributed by atoms with Gasteiger partial charge in [0.25, 0.3) is 0 Å². The van der Waals surface area contributed by atoms with Gasteiger partial charge in [-0.3, -0.25) is 0 Å². The van der Waals surface area contributed by atoms with Crippen LogP contribution in [0.1, 0.15) is 40.8 Å². The molecule has 2 aromatic carbocycles. The minimum absolute atomic E-state index is 0.0797. The first-order valence-electron chi connectivity index (χ1n) is 11.9. The molecule has 0 aromatic heterocycles. The Balaban J connectivity index is 1.93. The number of likely N-dealkylation sites (N-methyl/N-ethyl adjacent to an activating group) is 1. The number of aryl methyl sites for hydroxylation is 1. The lowest BCUT2D eigenvalue weighted by atomic mass is 9.87. The average Bonchev–Trinajstić information content (AvgIpc) is 2.85. The molecule has 1 saturated heterocycles. The highest BCUT2D eigenvalue weighted by Crippen LogP contribution is 2.37. The summed E-state index contributed by atoms with van der Waals surface area (Å²) in [6, 6.07) is 11.8. The van der Waals surface area contributed by atoms with Crippen LogP contribution in [-0.2, 0) is 28.9 Å². The molecule has 194 valence electrons. The van der Waals surface area contributed by atoms with Crippen LogP contribution in [0.25, 0.3) is 0 Å². The standard InChI is InChI=1S/C26H36ClNO7/c1-3-15-4-6-16(7-5-15)8-17-9-20(26-25(33)24(32)23(31)22(12-29)35-26)18(10-21(17)27)13-34-14-19(30)11-28-2/h4-7,9-10,19,22-26,28-33H,3,8,11-14H2,1-2H3/t19?,22-,23-,24+,25-,26+/m1/s1. The molecule has 0 spiro atoms. The second-order valence-electron chi connectivity index (χ2n) is 8.97. The third-order valence-corrected chi connectivity index (χ3v) is 6.69. The monoisotopic (exact) mass is 509 g/mol. The summed E-state index contributed by atoms with van der Waals surface area (Å²) in [6.07, 6.45) is -5.66. The summed E-state index contributed by atoms with van der Waals surface area (Å²) in [6.45, 7) is 2.11. The van der Waals surface area contributed by atoms with E-state index in [1.807, 2.05) is 18.2 Å². The fourth-order valence-corrected chi connectivity index (χ4v) is 4.53. The van der Waals surface area contributed by atoms with Gasteiger partial charge in [-0.25, -0.2) is 0 Å². The molecule has 1 heterocycles. The summed E-state index contributed by atoms with van der Waals surface area (Å²) in [5.74, 6) is 0. The van der Waals surface area contributed by atoms with Crippen molar-refractivity contribution in [3.8, 4) is 0 Å². The first kappa shape index (κ1) is 28.0. The van der Waals surface area contributed by atoms with E-state index in [1.165, 1.54) is 5.56 Å². The van der Waals surface area contributed by atoms with E-state index in [4.69, 9.17) is 21.1 Å². The Labute approximate surface area is 211 Å². The number of hydrogen-bond donors (Lipinski definition) is 6. The van der Waals surface area contributed by atoms with Crippen molar-refractivity contribution < 1.29 is 35.0 Å². The Kier molecular flexibility index (Phi) is 10.5. The van der Waals surface area contributed by atoms with Crippen molar-refractivity contribution in [1.29, 1.82) is 0 Å². The summed E-state index contributed by atoms with van der Waals surface area (Å²) >= 11 is 6.64. The molecule has 0 amide bonds. The lowest BCUT2D eigenvalue weighted by Gasteiger charge is -2.41. The maximum atomic E-state index is 10.8. The van der Waals surface area contributed by atoms with Crippen molar-refractivity contribution >= 4 is 11.6 Å². The molecule has 1 aliphatic heterocycles. The van der Waals surface area contributed by atoms with Gasteiger partial charge in [0, 0.05) is 11.6 Å². The van der Waals surface area contributed by atoms with Crippen molar-refractivity contribution in [2.45, 2.75) is 63.0 Å². The molecule has 35 heavy (non-hydrogen) atoms. The molecular formula is C26H36ClNO7. The van der Waals surface area contributed by atoms with Crippen LogP contribution < -0.4 is 5.32 Å². The molecule has 8 nitrogen and oxygen atoms in total. The minimum atomic E-state index is -1.50. The minimum Gasteiger partial charge on any atom is -0.394 e. The van der Waals surface area contributed by atoms with Crippen molar-refractivity contribution in [2.24, 2.45) is 0 Å². The normalized spacial score (nSPS) is 25.5. The van der Waals surface area contributed by atoms with Crippen molar-refractivity contribution in [3.63, 3.8) is 0 Å². The fraction of sp³-hybridized carbons (Fsp3) is 0.538. The van der Waals surface area contributed by atoms with Crippen LogP contribution in [0.5, 0.6) is 0 Å². The highest BCUT2D eigenvalue weighted by molar-refractivity contribution is 6.31. The first-order valence-corrected chi connectivity index (χ1v) is 12.3. The predicted molar refractivity (Wildman–Crippen MR) is 132 cm³/mol. The number of aliphatic hydroxyl groups is 5. The quantitative estimate of drug-likeness (QED) is 0.265. The molecule has 6 N–H and O–H groups in total. The number of benzene rings is 2. The van der Waals surface area contributed by atoms with E-state index in [-0.39, 0.29) is 13.2 Å². The second-order valence-corrected chi connectivity index (χ2v) is 9.37. The number of hydrogen-bond acceptors (Lipinski definition) is 8. The van der Waals surface area contributed by atoms with E-state index in [1.54, 1.807) is 13.1 Å². The van der Waals surface area contributed by atoms with E-state index in [0.29, 0.717) is 29.1 Å². The summed E-state index contributed by atoms with van der Waals surface area (Å²) in [5, 5.41) is 54.3. The maximum absolute atomic E-state index is 10.8. The third kappa shape index (κ3) is 7.01. The highest BCUT2D eigenvalue weighted by Gasteiger charge is 2.44. The number of aliphatic hydroxyl groups excluding tert-OH is 5. The molecule has 0 aliphatic carbocycles. The van der Waals surface area contributed by atoms with E-state index < -0.39 is 43.2 Å². The molecule has 0 radical (unpaired) electrons. The smallest absolute Gasteiger partial charge is 0.113 e. The Bertz CT molecular complexity index is 940. The van der Waals surface area contributed by atoms with Crippen LogP contribution in [-0.4, -0.2) is 82.9 Å². The molecule has 1 fully saturated rings. The number of ether oxygens (including phenoxy) is 2. The molecule has 1 aliphatic rings. The molecular weight excluding hydrogens is 474 g/mol. The Morgan fingerprint density at radius 3 is 2.34 bits per heavy atom. The largest absolute Gasteiger partial charge is 0.394 e. The van der Waals surface area contributed by atoms with Gasteiger partial charge in [-0.2, -0.15) is 0 Å². The van der Waals surface area contributed by atoms with E-state index in [0.717, 1.165) is 17.5 Å². The van der Waals surface area contributed by atoms with Gasteiger partial charge in [-0.15, -0.1) is 0 Å². The van der Waals surface area contributed by atoms with E-state index >= 15 is 0 Å². The molecule has 0 saturated carbocycles. The van der Waals surface area contributed by atoms with Gasteiger partial charge in [-0.1, -0.05) is 48.9 Å². The van der Waals surface area contributed by atoms with E-state index in [9.17, 15) is 25.5 Å². The number of nitrogens with one attached hydrogen (secondary N) is 1. The topological polar surface area (TPSA) is 132 Å². The van der Waals surface area contributed by atoms with E-state index in [2.05, 4.69) is 24.4 Å². The molecule has 2 aromatic rings. The molecule has 1 unspecified atom stereocenters. The van der Waals surface area contributed by atoms with Crippen LogP contribution in [0.15, 0.2) is 36.4 Å². The third-order valence-electron chi connectivity index (χ3n) is 6.34. The van der Waals surface area contributed by atoms with Crippen molar-refractivity contribution in [1.82, 2.24) is 5.32 Å². The van der Waals surface area contributed by atoms with Crippen LogP contribution in [0, 0.1) is 0 Å². The van der Waals surface area contributed by atoms with Gasteiger partial charge in [-0.05, 0) is 53.8 Å². The van der Waals surface area contributed by atoms with Gasteiger partial charge < -0.3 is 40.3 Å². The average molecular weight is 510 g/mol. The van der Waals surface area contributed by atoms with Crippen LogP contribution in [0.2, 0.25) is 5.02 Å². The summed E-state index contributed by atoms with van der Waals surface area (Å²) in [7, 11) is 1.73. The Hall–Kier alpha value is -1.59. The van der Waals surface area contributed by atoms with Gasteiger partial charge >= 0.3 is 0 Å². The fourth-order valence-electron chi connectivity index (χ4n) is 4.27. The zero-order chi connectivity index (χ0) is 25.5. The van der Waals surface area contributed by atoms with Crippen LogP contribution in [0.3, 0.4) is 0 Å². The first-order chi connectivity index (χ1) is 16.8. The number of rotatable bonds is 11. The Morgan fingerprint density at radius 2 is 1.71 bits per heavy atom. The van der Waals surface area contributed by atoms with Gasteiger partial charge in [0.1, 0.15) is 30.5 Å². The lowest BCUT2D eigenvalue weighted by molar-refractivity contribution is -0.232. The number of halogens is 1. The predicted octanol–water partition coefficient (Wildman–Crippen LogP) is 1.10. The maximum Gasteiger partial charge on any atom is 0.113 e. The summed E-state index contributed by atoms with van der Waals surface area (Å²) in [4.78, 5) is 0. The molecule has 3 rings (SSSR count). The SMILES string of the molecule is CCc1ccc(Cc2cc([C@@H]3O[C@H](CO)[C@@H](O)[C@H](O)[C@H]3O)c(COCC(O)CNC)cc2Cl)cc1.